The topological polar surface area (TPSA) is 56.1 Å². The summed E-state index contributed by atoms with van der Waals surface area (Å²) in [6.45, 7) is 4.02. The first kappa shape index (κ1) is 13.6. The predicted molar refractivity (Wildman–Crippen MR) is 74.5 cm³/mol. The molecule has 1 saturated heterocycles. The van der Waals surface area contributed by atoms with Gasteiger partial charge in [0, 0.05) is 18.8 Å². The maximum atomic E-state index is 11.9. The summed E-state index contributed by atoms with van der Waals surface area (Å²) in [6, 6.07) is 11.8. The summed E-state index contributed by atoms with van der Waals surface area (Å²) in [4.78, 5) is 14.0. The van der Waals surface area contributed by atoms with Gasteiger partial charge < -0.3 is 5.32 Å². The molecule has 0 saturated carbocycles. The zero-order chi connectivity index (χ0) is 13.7. The van der Waals surface area contributed by atoms with Crippen molar-refractivity contribution >= 4 is 11.6 Å². The number of nitrogens with zero attached hydrogens (tertiary/aromatic N) is 2. The number of amides is 1. The van der Waals surface area contributed by atoms with Crippen molar-refractivity contribution in [3.8, 4) is 6.07 Å². The maximum Gasteiger partial charge on any atom is 0.238 e. The number of rotatable bonds is 3. The Morgan fingerprint density at radius 1 is 1.37 bits per heavy atom. The van der Waals surface area contributed by atoms with Crippen LogP contribution < -0.4 is 5.32 Å². The van der Waals surface area contributed by atoms with Gasteiger partial charge in [0.15, 0.2) is 0 Å². The second-order valence-electron chi connectivity index (χ2n) is 5.36. The lowest BCUT2D eigenvalue weighted by molar-refractivity contribution is -0.117. The number of hydrogen-bond acceptors (Lipinski definition) is 3. The van der Waals surface area contributed by atoms with E-state index in [0.717, 1.165) is 31.6 Å². The average molecular weight is 257 g/mol. The molecule has 19 heavy (non-hydrogen) atoms. The molecule has 100 valence electrons. The predicted octanol–water partition coefficient (Wildman–Crippen LogP) is 2.25. The fourth-order valence-corrected chi connectivity index (χ4v) is 2.24. The van der Waals surface area contributed by atoms with Crippen LogP contribution in [0.1, 0.15) is 19.8 Å². The van der Waals surface area contributed by atoms with Gasteiger partial charge in [-0.3, -0.25) is 9.69 Å². The zero-order valence-corrected chi connectivity index (χ0v) is 11.2. The van der Waals surface area contributed by atoms with E-state index in [-0.39, 0.29) is 11.3 Å². The number of likely N-dealkylation sites (tertiary alicyclic amines) is 1. The molecule has 4 nitrogen and oxygen atoms in total. The smallest absolute Gasteiger partial charge is 0.238 e. The molecular weight excluding hydrogens is 238 g/mol. The van der Waals surface area contributed by atoms with Gasteiger partial charge in [0.2, 0.25) is 5.91 Å². The van der Waals surface area contributed by atoms with E-state index >= 15 is 0 Å². The van der Waals surface area contributed by atoms with Gasteiger partial charge in [0.25, 0.3) is 0 Å². The average Bonchev–Trinajstić information content (AvgIpc) is 2.43. The van der Waals surface area contributed by atoms with E-state index in [1.165, 1.54) is 0 Å². The molecule has 0 atom stereocenters. The molecular formula is C15H19N3O. The molecule has 0 bridgehead atoms. The summed E-state index contributed by atoms with van der Waals surface area (Å²) in [6.07, 6.45) is 1.67. The van der Waals surface area contributed by atoms with Crippen LogP contribution >= 0.6 is 0 Å². The van der Waals surface area contributed by atoms with Crippen LogP contribution in [-0.2, 0) is 4.79 Å². The second kappa shape index (κ2) is 5.85. The molecule has 0 aliphatic carbocycles. The van der Waals surface area contributed by atoms with Gasteiger partial charge in [-0.2, -0.15) is 5.26 Å². The first-order valence-electron chi connectivity index (χ1n) is 6.60. The number of nitriles is 1. The molecule has 0 spiro atoms. The van der Waals surface area contributed by atoms with Crippen LogP contribution in [0, 0.1) is 16.7 Å². The Kier molecular flexibility index (Phi) is 4.18. The molecule has 1 aromatic carbocycles. The molecule has 0 aromatic heterocycles. The van der Waals surface area contributed by atoms with Gasteiger partial charge in [-0.1, -0.05) is 18.2 Å². The lowest BCUT2D eigenvalue weighted by Gasteiger charge is -2.34. The SMILES string of the molecule is CC1(C#N)CCN(CC(=O)Nc2ccccc2)CC1. The minimum atomic E-state index is -0.216. The van der Waals surface area contributed by atoms with Crippen LogP contribution in [-0.4, -0.2) is 30.4 Å². The summed E-state index contributed by atoms with van der Waals surface area (Å²) < 4.78 is 0. The maximum absolute atomic E-state index is 11.9. The molecule has 1 heterocycles. The van der Waals surface area contributed by atoms with Gasteiger partial charge in [0.05, 0.1) is 18.0 Å². The van der Waals surface area contributed by atoms with Crippen molar-refractivity contribution in [2.45, 2.75) is 19.8 Å². The van der Waals surface area contributed by atoms with E-state index in [2.05, 4.69) is 16.3 Å². The number of carbonyl (C=O) groups is 1. The van der Waals surface area contributed by atoms with Gasteiger partial charge >= 0.3 is 0 Å². The number of para-hydroxylation sites is 1. The summed E-state index contributed by atoms with van der Waals surface area (Å²) in [5.74, 6) is 0.00626. The molecule has 0 unspecified atom stereocenters. The fraction of sp³-hybridized carbons (Fsp3) is 0.467. The number of carbonyl (C=O) groups excluding carboxylic acids is 1. The van der Waals surface area contributed by atoms with Crippen LogP contribution in [0.25, 0.3) is 0 Å². The van der Waals surface area contributed by atoms with Crippen molar-refractivity contribution in [1.29, 1.82) is 5.26 Å². The van der Waals surface area contributed by atoms with Crippen molar-refractivity contribution in [2.24, 2.45) is 5.41 Å². The van der Waals surface area contributed by atoms with Crippen LogP contribution in [0.15, 0.2) is 30.3 Å². The van der Waals surface area contributed by atoms with Crippen LogP contribution in [0.2, 0.25) is 0 Å². The van der Waals surface area contributed by atoms with Crippen LogP contribution in [0.4, 0.5) is 5.69 Å². The van der Waals surface area contributed by atoms with Crippen molar-refractivity contribution in [3.05, 3.63) is 30.3 Å². The lowest BCUT2D eigenvalue weighted by atomic mass is 9.82. The Balaban J connectivity index is 1.80. The molecule has 1 N–H and O–H groups in total. The molecule has 1 aliphatic rings. The molecule has 1 aromatic rings. The van der Waals surface area contributed by atoms with Crippen LogP contribution in [0.3, 0.4) is 0 Å². The molecule has 4 heteroatoms. The highest BCUT2D eigenvalue weighted by Gasteiger charge is 2.30. The third-order valence-corrected chi connectivity index (χ3v) is 3.65. The van der Waals surface area contributed by atoms with Gasteiger partial charge in [-0.15, -0.1) is 0 Å². The van der Waals surface area contributed by atoms with Crippen molar-refractivity contribution in [2.75, 3.05) is 25.0 Å². The lowest BCUT2D eigenvalue weighted by Crippen LogP contribution is -2.42. The Morgan fingerprint density at radius 3 is 2.58 bits per heavy atom. The fourth-order valence-electron chi connectivity index (χ4n) is 2.24. The minimum absolute atomic E-state index is 0.00626. The molecule has 1 aliphatic heterocycles. The van der Waals surface area contributed by atoms with E-state index in [1.54, 1.807) is 0 Å². The monoisotopic (exact) mass is 257 g/mol. The van der Waals surface area contributed by atoms with E-state index in [1.807, 2.05) is 37.3 Å². The van der Waals surface area contributed by atoms with Crippen LogP contribution in [0.5, 0.6) is 0 Å². The number of nitrogens with one attached hydrogen (secondary N) is 1. The normalized spacial score (nSPS) is 18.5. The number of anilines is 1. The molecule has 1 amide bonds. The Hall–Kier alpha value is -1.86. The summed E-state index contributed by atoms with van der Waals surface area (Å²) >= 11 is 0. The van der Waals surface area contributed by atoms with E-state index in [9.17, 15) is 4.79 Å². The summed E-state index contributed by atoms with van der Waals surface area (Å²) in [5, 5.41) is 11.9. The first-order chi connectivity index (χ1) is 9.11. The third-order valence-electron chi connectivity index (χ3n) is 3.65. The van der Waals surface area contributed by atoms with Crippen molar-refractivity contribution in [1.82, 2.24) is 4.90 Å². The molecule has 2 rings (SSSR count). The summed E-state index contributed by atoms with van der Waals surface area (Å²) in [5.41, 5.74) is 0.609. The van der Waals surface area contributed by atoms with Crippen molar-refractivity contribution in [3.63, 3.8) is 0 Å². The first-order valence-corrected chi connectivity index (χ1v) is 6.60. The van der Waals surface area contributed by atoms with Crippen molar-refractivity contribution < 1.29 is 4.79 Å². The Morgan fingerprint density at radius 2 is 2.00 bits per heavy atom. The van der Waals surface area contributed by atoms with E-state index < -0.39 is 0 Å². The number of hydrogen-bond donors (Lipinski definition) is 1. The second-order valence-corrected chi connectivity index (χ2v) is 5.36. The molecule has 0 radical (unpaired) electrons. The molecule has 1 fully saturated rings. The standard InChI is InChI=1S/C15H19N3O/c1-15(12-16)7-9-18(10-8-15)11-14(19)17-13-5-3-2-4-6-13/h2-6H,7-11H2,1H3,(H,17,19). The highest BCUT2D eigenvalue weighted by Crippen LogP contribution is 2.29. The van der Waals surface area contributed by atoms with E-state index in [4.69, 9.17) is 5.26 Å². The largest absolute Gasteiger partial charge is 0.325 e. The van der Waals surface area contributed by atoms with Gasteiger partial charge in [-0.25, -0.2) is 0 Å². The Labute approximate surface area is 114 Å². The Bertz CT molecular complexity index is 470. The van der Waals surface area contributed by atoms with Gasteiger partial charge in [-0.05, 0) is 31.9 Å². The highest BCUT2D eigenvalue weighted by molar-refractivity contribution is 5.92. The van der Waals surface area contributed by atoms with Gasteiger partial charge in [0.1, 0.15) is 0 Å². The van der Waals surface area contributed by atoms with E-state index in [0.29, 0.717) is 6.54 Å². The minimum Gasteiger partial charge on any atom is -0.325 e. The zero-order valence-electron chi connectivity index (χ0n) is 11.2. The number of benzene rings is 1. The highest BCUT2D eigenvalue weighted by atomic mass is 16.2. The number of piperidine rings is 1. The quantitative estimate of drug-likeness (QED) is 0.903. The summed E-state index contributed by atoms with van der Waals surface area (Å²) in [7, 11) is 0. The third kappa shape index (κ3) is 3.80.